The van der Waals surface area contributed by atoms with Gasteiger partial charge in [-0.1, -0.05) is 29.8 Å². The lowest BCUT2D eigenvalue weighted by Gasteiger charge is -2.19. The van der Waals surface area contributed by atoms with Crippen LogP contribution in [0.3, 0.4) is 0 Å². The van der Waals surface area contributed by atoms with Crippen molar-refractivity contribution in [2.24, 2.45) is 0 Å². The molecule has 0 fully saturated rings. The van der Waals surface area contributed by atoms with E-state index in [0.29, 0.717) is 29.0 Å². The molecule has 3 rings (SSSR count). The molecule has 0 N–H and O–H groups in total. The lowest BCUT2D eigenvalue weighted by molar-refractivity contribution is -0.131. The topological polar surface area (TPSA) is 59.4 Å². The molecule has 142 valence electrons. The predicted molar refractivity (Wildman–Crippen MR) is 107 cm³/mol. The molecule has 0 saturated carbocycles. The van der Waals surface area contributed by atoms with Gasteiger partial charge in [0.15, 0.2) is 0 Å². The largest absolute Gasteiger partial charge is 0.342 e. The number of nitrogens with zero attached hydrogens (tertiary/aromatic N) is 2. The van der Waals surface area contributed by atoms with Gasteiger partial charge in [-0.15, -0.1) is 0 Å². The second kappa shape index (κ2) is 7.74. The molecule has 0 aliphatic heterocycles. The fourth-order valence-electron chi connectivity index (χ4n) is 3.12. The Labute approximate surface area is 164 Å². The van der Waals surface area contributed by atoms with E-state index >= 15 is 0 Å². The maximum atomic E-state index is 13.2. The second-order valence-corrected chi connectivity index (χ2v) is 8.52. The number of aromatic nitrogens is 1. The molecular weight excluding hydrogens is 384 g/mol. The molecule has 0 atom stereocenters. The highest BCUT2D eigenvalue weighted by Crippen LogP contribution is 2.30. The molecule has 2 aromatic carbocycles. The highest BCUT2D eigenvalue weighted by molar-refractivity contribution is 7.91. The summed E-state index contributed by atoms with van der Waals surface area (Å²) in [4.78, 5) is 14.6. The fraction of sp³-hybridized carbons (Fsp3) is 0.250. The number of likely N-dealkylation sites (N-methyl/N-ethyl adjacent to an activating group) is 1. The highest BCUT2D eigenvalue weighted by atomic mass is 35.5. The van der Waals surface area contributed by atoms with Gasteiger partial charge in [-0.3, -0.25) is 4.79 Å². The Hall–Kier alpha value is -2.31. The summed E-state index contributed by atoms with van der Waals surface area (Å²) >= 11 is 5.88. The summed E-state index contributed by atoms with van der Waals surface area (Å²) < 4.78 is 28.0. The number of halogens is 1. The molecule has 0 aliphatic carbocycles. The van der Waals surface area contributed by atoms with Gasteiger partial charge in [-0.25, -0.2) is 8.42 Å². The normalized spacial score (nSPS) is 11.7. The van der Waals surface area contributed by atoms with Gasteiger partial charge in [-0.2, -0.15) is 0 Å². The minimum absolute atomic E-state index is 0.0452. The van der Waals surface area contributed by atoms with Crippen LogP contribution in [0.15, 0.2) is 64.5 Å². The van der Waals surface area contributed by atoms with E-state index < -0.39 is 9.84 Å². The zero-order chi connectivity index (χ0) is 19.6. The van der Waals surface area contributed by atoms with Gasteiger partial charge in [0.1, 0.15) is 6.54 Å². The van der Waals surface area contributed by atoms with Gasteiger partial charge >= 0.3 is 0 Å². The Bertz CT molecular complexity index is 1070. The van der Waals surface area contributed by atoms with E-state index in [0.717, 1.165) is 0 Å². The summed E-state index contributed by atoms with van der Waals surface area (Å²) in [5.74, 6) is -0.0452. The first-order valence-electron chi connectivity index (χ1n) is 8.74. The highest BCUT2D eigenvalue weighted by Gasteiger charge is 2.24. The number of carbonyl (C=O) groups excluding carboxylic acids is 1. The summed E-state index contributed by atoms with van der Waals surface area (Å²) in [6.07, 6.45) is 1.55. The maximum absolute atomic E-state index is 13.2. The second-order valence-electron chi connectivity index (χ2n) is 6.16. The molecule has 27 heavy (non-hydrogen) atoms. The zero-order valence-corrected chi connectivity index (χ0v) is 16.8. The maximum Gasteiger partial charge on any atom is 0.242 e. The molecule has 5 nitrogen and oxygen atoms in total. The number of hydrogen-bond donors (Lipinski definition) is 0. The standard InChI is InChI=1S/C20H21ClN2O3S/c1-3-22(4-2)20(24)14-23-13-19(17-7-5-6-8-18(17)23)27(25,26)16-11-9-15(21)10-12-16/h5-13H,3-4,14H2,1-2H3. The van der Waals surface area contributed by atoms with Crippen LogP contribution in [0.4, 0.5) is 0 Å². The van der Waals surface area contributed by atoms with Crippen molar-refractivity contribution in [3.8, 4) is 0 Å². The summed E-state index contributed by atoms with van der Waals surface area (Å²) in [6.45, 7) is 5.17. The summed E-state index contributed by atoms with van der Waals surface area (Å²) in [5.41, 5.74) is 0.713. The molecule has 0 aliphatic rings. The molecule has 0 saturated heterocycles. The quantitative estimate of drug-likeness (QED) is 0.624. The van der Waals surface area contributed by atoms with Crippen LogP contribution < -0.4 is 0 Å². The fourth-order valence-corrected chi connectivity index (χ4v) is 4.72. The first kappa shape index (κ1) is 19.5. The Balaban J connectivity index is 2.10. The van der Waals surface area contributed by atoms with E-state index in [4.69, 9.17) is 11.6 Å². The Kier molecular flexibility index (Phi) is 5.58. The number of carbonyl (C=O) groups is 1. The number of benzene rings is 2. The van der Waals surface area contributed by atoms with Gasteiger partial charge in [0, 0.05) is 35.2 Å². The van der Waals surface area contributed by atoms with E-state index in [1.807, 2.05) is 26.0 Å². The third kappa shape index (κ3) is 3.73. The average Bonchev–Trinajstić information content (AvgIpc) is 3.02. The molecule has 0 unspecified atom stereocenters. The molecule has 0 radical (unpaired) electrons. The molecule has 0 bridgehead atoms. The van der Waals surface area contributed by atoms with E-state index in [1.54, 1.807) is 39.9 Å². The number of sulfone groups is 1. The Morgan fingerprint density at radius 3 is 2.30 bits per heavy atom. The monoisotopic (exact) mass is 404 g/mol. The predicted octanol–water partition coefficient (Wildman–Crippen LogP) is 4.00. The van der Waals surface area contributed by atoms with Crippen LogP contribution in [0.5, 0.6) is 0 Å². The molecule has 7 heteroatoms. The third-order valence-corrected chi connectivity index (χ3v) is 6.64. The SMILES string of the molecule is CCN(CC)C(=O)Cn1cc(S(=O)(=O)c2ccc(Cl)cc2)c2ccccc21. The average molecular weight is 405 g/mol. The number of rotatable bonds is 6. The molecule has 1 amide bonds. The number of hydrogen-bond acceptors (Lipinski definition) is 3. The van der Waals surface area contributed by atoms with Crippen molar-refractivity contribution in [3.63, 3.8) is 0 Å². The van der Waals surface area contributed by atoms with Crippen molar-refractivity contribution in [3.05, 3.63) is 59.8 Å². The molecule has 1 heterocycles. The van der Waals surface area contributed by atoms with Crippen LogP contribution in [0.1, 0.15) is 13.8 Å². The first-order chi connectivity index (χ1) is 12.9. The van der Waals surface area contributed by atoms with E-state index in [1.165, 1.54) is 12.1 Å². The van der Waals surface area contributed by atoms with Crippen molar-refractivity contribution < 1.29 is 13.2 Å². The van der Waals surface area contributed by atoms with Gasteiger partial charge in [0.05, 0.1) is 9.79 Å². The van der Waals surface area contributed by atoms with Crippen LogP contribution in [0, 0.1) is 0 Å². The van der Waals surface area contributed by atoms with Gasteiger partial charge in [0.2, 0.25) is 15.7 Å². The van der Waals surface area contributed by atoms with Crippen molar-refractivity contribution in [2.45, 2.75) is 30.2 Å². The van der Waals surface area contributed by atoms with E-state index in [2.05, 4.69) is 0 Å². The van der Waals surface area contributed by atoms with Crippen LogP contribution in [-0.4, -0.2) is 36.9 Å². The minimum atomic E-state index is -3.73. The van der Waals surface area contributed by atoms with Crippen LogP contribution in [0.25, 0.3) is 10.9 Å². The summed E-state index contributed by atoms with van der Waals surface area (Å²) in [5, 5.41) is 1.07. The first-order valence-corrected chi connectivity index (χ1v) is 10.6. The van der Waals surface area contributed by atoms with E-state index in [9.17, 15) is 13.2 Å². The van der Waals surface area contributed by atoms with Crippen molar-refractivity contribution in [1.82, 2.24) is 9.47 Å². The van der Waals surface area contributed by atoms with Crippen LogP contribution in [-0.2, 0) is 21.2 Å². The summed E-state index contributed by atoms with van der Waals surface area (Å²) in [6, 6.07) is 13.3. The van der Waals surface area contributed by atoms with Crippen molar-refractivity contribution in [1.29, 1.82) is 0 Å². The lowest BCUT2D eigenvalue weighted by Crippen LogP contribution is -2.33. The Morgan fingerprint density at radius 2 is 1.67 bits per heavy atom. The molecule has 0 spiro atoms. The number of fused-ring (bicyclic) bond motifs is 1. The van der Waals surface area contributed by atoms with Crippen LogP contribution >= 0.6 is 11.6 Å². The molecular formula is C20H21ClN2O3S. The van der Waals surface area contributed by atoms with Gasteiger partial charge in [-0.05, 0) is 44.2 Å². The van der Waals surface area contributed by atoms with Crippen LogP contribution in [0.2, 0.25) is 5.02 Å². The smallest absolute Gasteiger partial charge is 0.242 e. The molecule has 1 aromatic heterocycles. The third-order valence-electron chi connectivity index (χ3n) is 4.59. The van der Waals surface area contributed by atoms with Crippen molar-refractivity contribution in [2.75, 3.05) is 13.1 Å². The molecule has 3 aromatic rings. The summed E-state index contributed by atoms with van der Waals surface area (Å²) in [7, 11) is -3.73. The van der Waals surface area contributed by atoms with Gasteiger partial charge < -0.3 is 9.47 Å². The van der Waals surface area contributed by atoms with Gasteiger partial charge in [0.25, 0.3) is 0 Å². The Morgan fingerprint density at radius 1 is 1.04 bits per heavy atom. The lowest BCUT2D eigenvalue weighted by atomic mass is 10.2. The van der Waals surface area contributed by atoms with E-state index in [-0.39, 0.29) is 22.2 Å². The van der Waals surface area contributed by atoms with Crippen molar-refractivity contribution >= 4 is 38.2 Å². The number of para-hydroxylation sites is 1. The number of amides is 1. The minimum Gasteiger partial charge on any atom is -0.342 e. The zero-order valence-electron chi connectivity index (χ0n) is 15.2.